The van der Waals surface area contributed by atoms with Gasteiger partial charge in [-0.25, -0.2) is 0 Å². The molecule has 0 saturated carbocycles. The predicted molar refractivity (Wildman–Crippen MR) is 45.9 cm³/mol. The zero-order valence-corrected chi connectivity index (χ0v) is 7.55. The van der Waals surface area contributed by atoms with Crippen molar-refractivity contribution < 1.29 is 9.28 Å². The standard InChI is InChI=1S/C4H7NO.C4H10N/c1-3(2)4(5)6;1-5(2)3-4-5/h1H2,2H3,(H2,5,6);3-4H2,1-2H3/q;+1. The van der Waals surface area contributed by atoms with Gasteiger partial charge in [-0.2, -0.15) is 0 Å². The summed E-state index contributed by atoms with van der Waals surface area (Å²) < 4.78 is 1.25. The number of rotatable bonds is 1. The van der Waals surface area contributed by atoms with Crippen LogP contribution in [-0.4, -0.2) is 37.6 Å². The van der Waals surface area contributed by atoms with Crippen LogP contribution in [0.1, 0.15) is 6.92 Å². The molecule has 1 amide bonds. The molecule has 1 saturated heterocycles. The molecule has 1 rings (SSSR count). The van der Waals surface area contributed by atoms with Gasteiger partial charge in [0.25, 0.3) is 0 Å². The number of hydrogen-bond acceptors (Lipinski definition) is 1. The van der Waals surface area contributed by atoms with Crippen LogP contribution < -0.4 is 5.73 Å². The number of likely N-dealkylation sites (N-methyl/N-ethyl adjacent to an activating group) is 1. The van der Waals surface area contributed by atoms with Crippen LogP contribution in [0.4, 0.5) is 0 Å². The number of nitrogens with zero attached hydrogens (tertiary/aromatic N) is 1. The van der Waals surface area contributed by atoms with Gasteiger partial charge in [0, 0.05) is 5.57 Å². The number of quaternary nitrogens is 1. The van der Waals surface area contributed by atoms with Crippen molar-refractivity contribution >= 4 is 5.91 Å². The average Bonchev–Trinajstić information content (AvgIpc) is 2.47. The fraction of sp³-hybridized carbons (Fsp3) is 0.625. The zero-order chi connectivity index (χ0) is 9.07. The third-order valence-electron chi connectivity index (χ3n) is 1.54. The van der Waals surface area contributed by atoms with E-state index in [1.807, 2.05) is 0 Å². The Bertz CT molecular complexity index is 155. The maximum atomic E-state index is 9.82. The minimum absolute atomic E-state index is 0.398. The first-order valence-electron chi connectivity index (χ1n) is 3.62. The second kappa shape index (κ2) is 3.53. The maximum Gasteiger partial charge on any atom is 0.243 e. The molecule has 2 N–H and O–H groups in total. The van der Waals surface area contributed by atoms with Gasteiger partial charge in [-0.3, -0.25) is 4.79 Å². The van der Waals surface area contributed by atoms with Gasteiger partial charge in [0.15, 0.2) is 0 Å². The summed E-state index contributed by atoms with van der Waals surface area (Å²) in [6.45, 7) is 7.63. The summed E-state index contributed by atoms with van der Waals surface area (Å²) in [5.74, 6) is -0.435. The minimum atomic E-state index is -0.435. The van der Waals surface area contributed by atoms with Crippen molar-refractivity contribution in [2.75, 3.05) is 27.2 Å². The van der Waals surface area contributed by atoms with Gasteiger partial charge in [-0.05, 0) is 6.92 Å². The molecule has 0 aromatic rings. The van der Waals surface area contributed by atoms with E-state index in [-0.39, 0.29) is 0 Å². The first-order valence-corrected chi connectivity index (χ1v) is 3.62. The highest BCUT2D eigenvalue weighted by Crippen LogP contribution is 2.09. The van der Waals surface area contributed by atoms with Crippen LogP contribution in [0.2, 0.25) is 0 Å². The van der Waals surface area contributed by atoms with E-state index in [2.05, 4.69) is 20.7 Å². The van der Waals surface area contributed by atoms with Crippen molar-refractivity contribution in [1.29, 1.82) is 0 Å². The SMILES string of the molecule is C=C(C)C(N)=O.C[N+]1(C)CC1. The Balaban J connectivity index is 0.000000183. The average molecular weight is 157 g/mol. The lowest BCUT2D eigenvalue weighted by Crippen LogP contribution is -2.10. The van der Waals surface area contributed by atoms with Crippen LogP contribution >= 0.6 is 0 Å². The summed E-state index contributed by atoms with van der Waals surface area (Å²) in [6, 6.07) is 0. The molecule has 0 aromatic carbocycles. The largest absolute Gasteiger partial charge is 0.366 e. The topological polar surface area (TPSA) is 43.1 Å². The van der Waals surface area contributed by atoms with Crippen LogP contribution in [0.25, 0.3) is 0 Å². The lowest BCUT2D eigenvalue weighted by atomic mass is 10.3. The molecule has 1 fully saturated rings. The van der Waals surface area contributed by atoms with E-state index in [1.54, 1.807) is 6.92 Å². The van der Waals surface area contributed by atoms with Crippen LogP contribution in [0.3, 0.4) is 0 Å². The molecule has 3 nitrogen and oxygen atoms in total. The number of primary amides is 1. The van der Waals surface area contributed by atoms with E-state index in [9.17, 15) is 4.79 Å². The number of hydrogen-bond donors (Lipinski definition) is 1. The third kappa shape index (κ3) is 7.06. The lowest BCUT2D eigenvalue weighted by molar-refractivity contribution is -0.753. The minimum Gasteiger partial charge on any atom is -0.366 e. The second-order valence-electron chi connectivity index (χ2n) is 3.53. The molecule has 0 aromatic heterocycles. The van der Waals surface area contributed by atoms with E-state index in [1.165, 1.54) is 17.6 Å². The van der Waals surface area contributed by atoms with Crippen LogP contribution in [0, 0.1) is 0 Å². The Labute approximate surface area is 68.1 Å². The molecule has 0 unspecified atom stereocenters. The molecule has 64 valence electrons. The Kier molecular flexibility index (Phi) is 3.26. The molecule has 0 bridgehead atoms. The molecule has 0 atom stereocenters. The summed E-state index contributed by atoms with van der Waals surface area (Å²) in [7, 11) is 4.47. The van der Waals surface area contributed by atoms with E-state index in [0.29, 0.717) is 5.57 Å². The Morgan fingerprint density at radius 2 is 1.64 bits per heavy atom. The summed E-state index contributed by atoms with van der Waals surface area (Å²) in [4.78, 5) is 9.82. The number of nitrogens with two attached hydrogens (primary N) is 1. The van der Waals surface area contributed by atoms with Gasteiger partial charge >= 0.3 is 0 Å². The molecule has 0 radical (unpaired) electrons. The lowest BCUT2D eigenvalue weighted by Gasteiger charge is -1.95. The van der Waals surface area contributed by atoms with Crippen LogP contribution in [0.15, 0.2) is 12.2 Å². The molecule has 11 heavy (non-hydrogen) atoms. The highest BCUT2D eigenvalue weighted by atomic mass is 16.1. The van der Waals surface area contributed by atoms with Crippen molar-refractivity contribution in [3.8, 4) is 0 Å². The van der Waals surface area contributed by atoms with E-state index >= 15 is 0 Å². The first-order chi connectivity index (χ1) is 4.85. The van der Waals surface area contributed by atoms with E-state index < -0.39 is 5.91 Å². The van der Waals surface area contributed by atoms with Gasteiger partial charge in [-0.15, -0.1) is 0 Å². The van der Waals surface area contributed by atoms with Crippen molar-refractivity contribution in [2.24, 2.45) is 5.73 Å². The fourth-order valence-electron chi connectivity index (χ4n) is 0.200. The second-order valence-corrected chi connectivity index (χ2v) is 3.53. The van der Waals surface area contributed by atoms with Gasteiger partial charge in [0.1, 0.15) is 13.1 Å². The third-order valence-corrected chi connectivity index (χ3v) is 1.54. The molecule has 1 aliphatic rings. The Morgan fingerprint density at radius 3 is 1.64 bits per heavy atom. The zero-order valence-electron chi connectivity index (χ0n) is 7.55. The molecular formula is C8H17N2O+. The summed E-state index contributed by atoms with van der Waals surface area (Å²) in [6.07, 6.45) is 0. The smallest absolute Gasteiger partial charge is 0.243 e. The molecular weight excluding hydrogens is 140 g/mol. The number of amides is 1. The Morgan fingerprint density at radius 1 is 1.45 bits per heavy atom. The predicted octanol–water partition coefficient (Wildman–Crippen LogP) is 0.124. The monoisotopic (exact) mass is 157 g/mol. The molecule has 3 heteroatoms. The molecule has 1 aliphatic heterocycles. The van der Waals surface area contributed by atoms with E-state index in [0.717, 1.165) is 0 Å². The van der Waals surface area contributed by atoms with Crippen LogP contribution in [-0.2, 0) is 4.79 Å². The van der Waals surface area contributed by atoms with E-state index in [4.69, 9.17) is 5.73 Å². The highest BCUT2D eigenvalue weighted by molar-refractivity contribution is 5.90. The summed E-state index contributed by atoms with van der Waals surface area (Å²) >= 11 is 0. The molecule has 1 heterocycles. The fourth-order valence-corrected chi connectivity index (χ4v) is 0.200. The van der Waals surface area contributed by atoms with Crippen molar-refractivity contribution in [3.05, 3.63) is 12.2 Å². The van der Waals surface area contributed by atoms with Crippen LogP contribution in [0.5, 0.6) is 0 Å². The number of carbonyl (C=O) groups excluding carboxylic acids is 1. The quantitative estimate of drug-likeness (QED) is 0.328. The van der Waals surface area contributed by atoms with Gasteiger partial charge in [0.05, 0.1) is 14.1 Å². The summed E-state index contributed by atoms with van der Waals surface area (Å²) in [5, 5.41) is 0. The van der Waals surface area contributed by atoms with Gasteiger partial charge in [0.2, 0.25) is 5.91 Å². The van der Waals surface area contributed by atoms with Crippen molar-refractivity contribution in [3.63, 3.8) is 0 Å². The Hall–Kier alpha value is -0.830. The molecule has 0 spiro atoms. The van der Waals surface area contributed by atoms with Crippen molar-refractivity contribution in [2.45, 2.75) is 6.92 Å². The van der Waals surface area contributed by atoms with Gasteiger partial charge in [-0.1, -0.05) is 6.58 Å². The highest BCUT2D eigenvalue weighted by Gasteiger charge is 2.30. The van der Waals surface area contributed by atoms with Crippen molar-refractivity contribution in [1.82, 2.24) is 0 Å². The maximum absolute atomic E-state index is 9.82. The summed E-state index contributed by atoms with van der Waals surface area (Å²) in [5.41, 5.74) is 5.09. The molecule has 0 aliphatic carbocycles. The van der Waals surface area contributed by atoms with Gasteiger partial charge < -0.3 is 10.2 Å². The number of carbonyl (C=O) groups is 1. The normalized spacial score (nSPS) is 17.7. The first kappa shape index (κ1) is 10.2.